The summed E-state index contributed by atoms with van der Waals surface area (Å²) in [6.45, 7) is 5.75. The van der Waals surface area contributed by atoms with Crippen molar-refractivity contribution in [1.82, 2.24) is 5.32 Å². The van der Waals surface area contributed by atoms with Crippen LogP contribution in [0.4, 0.5) is 0 Å². The van der Waals surface area contributed by atoms with Crippen molar-refractivity contribution in [2.75, 3.05) is 13.2 Å². The molecule has 6 N–H and O–H groups in total. The van der Waals surface area contributed by atoms with Crippen molar-refractivity contribution in [3.63, 3.8) is 0 Å². The smallest absolute Gasteiger partial charge is 0.306 e. The molecule has 0 bridgehead atoms. The maximum absolute atomic E-state index is 13.4. The average Bonchev–Trinajstić information content (AvgIpc) is 3.39. The van der Waals surface area contributed by atoms with E-state index in [2.05, 4.69) is 62.5 Å². The fraction of sp³-hybridized carbons (Fsp3) is 0.839. The van der Waals surface area contributed by atoms with E-state index < -0.39 is 67.4 Å². The van der Waals surface area contributed by atoms with Crippen LogP contribution in [-0.4, -0.2) is 99.6 Å². The standard InChI is InChI=1S/C62H113NO10/c1-4-7-10-13-16-19-22-25-26-27-28-29-32-34-37-40-43-46-49-55(66)61(70)63-53(54(65)48-45-42-39-36-33-30-23-20-17-14-11-8-5-2)52-71-62-60(59(69)58(68)56(51-64)72-62)73-57(67)50-47-44-41-38-35-31-24-21-18-15-12-9-6-3/h16,19,25-26,31,35,45,48,53-56,58-60,62,64-66,68-69H,4-15,17-18,20-24,27-30,32-34,36-44,46-47,49-52H2,1-3H3,(H,63,70)/b19-16-,26-25-,35-31-,48-45+. The molecule has 0 spiro atoms. The highest BCUT2D eigenvalue weighted by Crippen LogP contribution is 2.26. The molecule has 0 saturated carbocycles. The molecule has 0 aromatic rings. The van der Waals surface area contributed by atoms with Crippen LogP contribution in [0.2, 0.25) is 0 Å². The second kappa shape index (κ2) is 50.4. The fourth-order valence-electron chi connectivity index (χ4n) is 9.32. The van der Waals surface area contributed by atoms with Gasteiger partial charge in [0.25, 0.3) is 0 Å². The van der Waals surface area contributed by atoms with Crippen LogP contribution in [0, 0.1) is 0 Å². The van der Waals surface area contributed by atoms with E-state index in [1.54, 1.807) is 6.08 Å². The second-order valence-corrected chi connectivity index (χ2v) is 21.1. The van der Waals surface area contributed by atoms with Crippen LogP contribution < -0.4 is 5.32 Å². The first-order valence-corrected chi connectivity index (χ1v) is 30.4. The largest absolute Gasteiger partial charge is 0.454 e. The molecule has 0 aromatic heterocycles. The van der Waals surface area contributed by atoms with Gasteiger partial charge in [0.2, 0.25) is 5.91 Å². The molecule has 11 nitrogen and oxygen atoms in total. The molecule has 1 amide bonds. The third kappa shape index (κ3) is 38.8. The summed E-state index contributed by atoms with van der Waals surface area (Å²) in [6.07, 6.45) is 50.0. The van der Waals surface area contributed by atoms with Crippen molar-refractivity contribution in [2.45, 2.75) is 320 Å². The van der Waals surface area contributed by atoms with Gasteiger partial charge >= 0.3 is 5.97 Å². The molecule has 1 aliphatic heterocycles. The van der Waals surface area contributed by atoms with Crippen LogP contribution >= 0.6 is 0 Å². The Morgan fingerprint density at radius 1 is 0.534 bits per heavy atom. The van der Waals surface area contributed by atoms with Gasteiger partial charge in [0.05, 0.1) is 25.4 Å². The van der Waals surface area contributed by atoms with Crippen LogP contribution in [-0.2, 0) is 23.8 Å². The summed E-state index contributed by atoms with van der Waals surface area (Å²) >= 11 is 0. The van der Waals surface area contributed by atoms with Gasteiger partial charge in [-0.05, 0) is 83.5 Å². The number of esters is 1. The first kappa shape index (κ1) is 68.6. The lowest BCUT2D eigenvalue weighted by Gasteiger charge is -2.41. The number of amides is 1. The molecule has 0 radical (unpaired) electrons. The van der Waals surface area contributed by atoms with Gasteiger partial charge in [-0.2, -0.15) is 0 Å². The van der Waals surface area contributed by atoms with E-state index in [-0.39, 0.29) is 19.4 Å². The van der Waals surface area contributed by atoms with Crippen LogP contribution in [0.1, 0.15) is 271 Å². The molecule has 426 valence electrons. The van der Waals surface area contributed by atoms with E-state index in [1.165, 1.54) is 148 Å². The summed E-state index contributed by atoms with van der Waals surface area (Å²) in [5, 5.41) is 56.9. The second-order valence-electron chi connectivity index (χ2n) is 21.1. The monoisotopic (exact) mass is 1030 g/mol. The number of hydrogen-bond donors (Lipinski definition) is 6. The van der Waals surface area contributed by atoms with Crippen LogP contribution in [0.25, 0.3) is 0 Å². The average molecular weight is 1030 g/mol. The van der Waals surface area contributed by atoms with Crippen molar-refractivity contribution >= 4 is 11.9 Å². The van der Waals surface area contributed by atoms with Crippen molar-refractivity contribution in [3.05, 3.63) is 48.6 Å². The van der Waals surface area contributed by atoms with Crippen molar-refractivity contribution in [1.29, 1.82) is 0 Å². The Kier molecular flexibility index (Phi) is 47.4. The van der Waals surface area contributed by atoms with Gasteiger partial charge in [0, 0.05) is 6.42 Å². The topological polar surface area (TPSA) is 175 Å². The van der Waals surface area contributed by atoms with Gasteiger partial charge < -0.3 is 45.1 Å². The predicted octanol–water partition coefficient (Wildman–Crippen LogP) is 14.1. The third-order valence-corrected chi connectivity index (χ3v) is 14.2. The number of carbonyl (C=O) groups excluding carboxylic acids is 2. The molecule has 1 rings (SSSR count). The Balaban J connectivity index is 2.72. The number of allylic oxidation sites excluding steroid dienone is 7. The highest BCUT2D eigenvalue weighted by molar-refractivity contribution is 5.80. The first-order valence-electron chi connectivity index (χ1n) is 30.4. The van der Waals surface area contributed by atoms with Crippen LogP contribution in [0.3, 0.4) is 0 Å². The van der Waals surface area contributed by atoms with Gasteiger partial charge in [-0.1, -0.05) is 230 Å². The first-order chi connectivity index (χ1) is 35.7. The molecule has 0 aromatic carbocycles. The zero-order chi connectivity index (χ0) is 53.3. The summed E-state index contributed by atoms with van der Waals surface area (Å²) in [7, 11) is 0. The van der Waals surface area contributed by atoms with Crippen molar-refractivity contribution < 1.29 is 49.3 Å². The van der Waals surface area contributed by atoms with Crippen molar-refractivity contribution in [2.24, 2.45) is 0 Å². The summed E-state index contributed by atoms with van der Waals surface area (Å²) in [5.74, 6) is -1.21. The number of hydrogen-bond acceptors (Lipinski definition) is 10. The summed E-state index contributed by atoms with van der Waals surface area (Å²) in [6, 6.07) is -1.03. The normalized spacial score (nSPS) is 19.7. The Labute approximate surface area is 446 Å². The number of ether oxygens (including phenoxy) is 3. The summed E-state index contributed by atoms with van der Waals surface area (Å²) < 4.78 is 17.6. The van der Waals surface area contributed by atoms with E-state index >= 15 is 0 Å². The SMILES string of the molecule is CCCCC/C=C\C/C=C\CCCCCCCCCCC(O)C(=O)NC(COC1OC(CO)C(O)C(O)C1OC(=O)CCCCC/C=C\CCCCCCCC)C(O)/C=C/CCCCCCCCCCCCC. The van der Waals surface area contributed by atoms with E-state index in [9.17, 15) is 35.1 Å². The number of aliphatic hydroxyl groups excluding tert-OH is 5. The minimum atomic E-state index is -1.62. The van der Waals surface area contributed by atoms with Gasteiger partial charge in [-0.25, -0.2) is 0 Å². The highest BCUT2D eigenvalue weighted by Gasteiger charge is 2.47. The molecule has 1 heterocycles. The lowest BCUT2D eigenvalue weighted by Crippen LogP contribution is -2.61. The van der Waals surface area contributed by atoms with Crippen LogP contribution in [0.5, 0.6) is 0 Å². The molecule has 73 heavy (non-hydrogen) atoms. The molecule has 11 heteroatoms. The van der Waals surface area contributed by atoms with E-state index in [0.717, 1.165) is 77.0 Å². The highest BCUT2D eigenvalue weighted by atomic mass is 16.7. The Bertz CT molecular complexity index is 1370. The lowest BCUT2D eigenvalue weighted by molar-refractivity contribution is -0.305. The molecule has 8 unspecified atom stereocenters. The molecule has 8 atom stereocenters. The van der Waals surface area contributed by atoms with Gasteiger partial charge in [-0.15, -0.1) is 0 Å². The zero-order valence-electron chi connectivity index (χ0n) is 47.0. The predicted molar refractivity (Wildman–Crippen MR) is 301 cm³/mol. The molecule has 1 aliphatic rings. The molecular formula is C62H113NO10. The molecule has 1 fully saturated rings. The maximum atomic E-state index is 13.4. The number of unbranched alkanes of at least 4 members (excludes halogenated alkanes) is 31. The fourth-order valence-corrected chi connectivity index (χ4v) is 9.32. The van der Waals surface area contributed by atoms with Gasteiger partial charge in [-0.3, -0.25) is 9.59 Å². The minimum Gasteiger partial charge on any atom is -0.454 e. The zero-order valence-corrected chi connectivity index (χ0v) is 47.0. The summed E-state index contributed by atoms with van der Waals surface area (Å²) in [4.78, 5) is 26.5. The Hall–Kier alpha value is -2.38. The lowest BCUT2D eigenvalue weighted by atomic mass is 9.99. The Morgan fingerprint density at radius 3 is 1.44 bits per heavy atom. The molecule has 0 aliphatic carbocycles. The quantitative estimate of drug-likeness (QED) is 0.0195. The molecular weight excluding hydrogens is 919 g/mol. The number of carbonyl (C=O) groups is 2. The van der Waals surface area contributed by atoms with E-state index in [4.69, 9.17) is 14.2 Å². The minimum absolute atomic E-state index is 0.103. The number of nitrogens with one attached hydrogen (secondary N) is 1. The number of rotatable bonds is 51. The van der Waals surface area contributed by atoms with Gasteiger partial charge in [0.1, 0.15) is 24.4 Å². The van der Waals surface area contributed by atoms with E-state index in [0.29, 0.717) is 12.8 Å². The summed E-state index contributed by atoms with van der Waals surface area (Å²) in [5.41, 5.74) is 0. The van der Waals surface area contributed by atoms with Crippen molar-refractivity contribution in [3.8, 4) is 0 Å². The third-order valence-electron chi connectivity index (χ3n) is 14.2. The van der Waals surface area contributed by atoms with Gasteiger partial charge in [0.15, 0.2) is 12.4 Å². The maximum Gasteiger partial charge on any atom is 0.306 e. The Morgan fingerprint density at radius 2 is 0.945 bits per heavy atom. The van der Waals surface area contributed by atoms with Crippen LogP contribution in [0.15, 0.2) is 48.6 Å². The van der Waals surface area contributed by atoms with E-state index in [1.807, 2.05) is 6.08 Å². The number of aliphatic hydroxyl groups is 5. The molecule has 1 saturated heterocycles.